The van der Waals surface area contributed by atoms with Crippen molar-refractivity contribution < 1.29 is 17.9 Å². The van der Waals surface area contributed by atoms with E-state index in [2.05, 4.69) is 23.7 Å². The first kappa shape index (κ1) is 25.4. The van der Waals surface area contributed by atoms with Crippen LogP contribution in [0, 0.1) is 0 Å². The van der Waals surface area contributed by atoms with Crippen LogP contribution < -0.4 is 9.64 Å². The molecule has 0 aliphatic carbocycles. The quantitative estimate of drug-likeness (QED) is 0.378. The van der Waals surface area contributed by atoms with Crippen molar-refractivity contribution in [1.82, 2.24) is 9.88 Å². The van der Waals surface area contributed by atoms with Crippen LogP contribution in [0.25, 0.3) is 10.2 Å². The van der Waals surface area contributed by atoms with Crippen LogP contribution in [-0.2, 0) is 14.6 Å². The van der Waals surface area contributed by atoms with Gasteiger partial charge in [0.2, 0.25) is 5.91 Å². The molecule has 3 rings (SSSR count). The van der Waals surface area contributed by atoms with Gasteiger partial charge in [0.25, 0.3) is 0 Å². The second-order valence-electron chi connectivity index (χ2n) is 7.43. The van der Waals surface area contributed by atoms with Crippen LogP contribution in [0.1, 0.15) is 20.3 Å². The lowest BCUT2D eigenvalue weighted by Crippen LogP contribution is -2.39. The van der Waals surface area contributed by atoms with Gasteiger partial charge in [0.1, 0.15) is 5.75 Å². The largest absolute Gasteiger partial charge is 0.497 e. The number of fused-ring (bicyclic) bond motifs is 1. The van der Waals surface area contributed by atoms with E-state index in [-0.39, 0.29) is 23.0 Å². The smallest absolute Gasteiger partial charge is 0.229 e. The van der Waals surface area contributed by atoms with Crippen molar-refractivity contribution in [1.29, 1.82) is 0 Å². The van der Waals surface area contributed by atoms with Crippen molar-refractivity contribution in [2.45, 2.75) is 25.2 Å². The Morgan fingerprint density at radius 1 is 1.09 bits per heavy atom. The predicted molar refractivity (Wildman–Crippen MR) is 134 cm³/mol. The standard InChI is InChI=1S/C23H28ClN3O4S2/c1-4-26(5-2)13-14-27(23-25-20-11-8-18(31-3)16-21(20)32-23)22(28)12-15-33(29,30)19-9-6-17(24)7-10-19/h6-11,16H,4-5,12-15H2,1-3H3. The van der Waals surface area contributed by atoms with Gasteiger partial charge in [-0.25, -0.2) is 13.4 Å². The first-order valence-corrected chi connectivity index (χ1v) is 13.6. The first-order chi connectivity index (χ1) is 15.8. The van der Waals surface area contributed by atoms with E-state index in [0.717, 1.165) is 23.3 Å². The van der Waals surface area contributed by atoms with Crippen molar-refractivity contribution in [3.63, 3.8) is 0 Å². The molecule has 0 fully saturated rings. The van der Waals surface area contributed by atoms with Gasteiger partial charge in [-0.1, -0.05) is 36.8 Å². The Kier molecular flexibility index (Phi) is 8.69. The van der Waals surface area contributed by atoms with Crippen molar-refractivity contribution in [2.24, 2.45) is 0 Å². The zero-order chi connectivity index (χ0) is 24.0. The number of sulfone groups is 1. The van der Waals surface area contributed by atoms with Gasteiger partial charge < -0.3 is 9.64 Å². The summed E-state index contributed by atoms with van der Waals surface area (Å²) in [5.74, 6) is 0.159. The summed E-state index contributed by atoms with van der Waals surface area (Å²) in [4.78, 5) is 21.8. The highest BCUT2D eigenvalue weighted by Crippen LogP contribution is 2.32. The van der Waals surface area contributed by atoms with Gasteiger partial charge >= 0.3 is 0 Å². The molecule has 10 heteroatoms. The number of rotatable bonds is 11. The second-order valence-corrected chi connectivity index (χ2v) is 11.0. The second kappa shape index (κ2) is 11.3. The number of nitrogens with zero attached hydrogens (tertiary/aromatic N) is 3. The number of methoxy groups -OCH3 is 1. The first-order valence-electron chi connectivity index (χ1n) is 10.7. The molecule has 0 unspecified atom stereocenters. The highest BCUT2D eigenvalue weighted by Gasteiger charge is 2.24. The van der Waals surface area contributed by atoms with Crippen LogP contribution in [0.2, 0.25) is 5.02 Å². The molecule has 7 nitrogen and oxygen atoms in total. The number of hydrogen-bond acceptors (Lipinski definition) is 7. The molecule has 3 aromatic rings. The van der Waals surface area contributed by atoms with Crippen LogP contribution in [0.5, 0.6) is 5.75 Å². The minimum atomic E-state index is -3.61. The van der Waals surface area contributed by atoms with Crippen LogP contribution in [0.15, 0.2) is 47.4 Å². The highest BCUT2D eigenvalue weighted by molar-refractivity contribution is 7.91. The fourth-order valence-electron chi connectivity index (χ4n) is 3.36. The Hall–Kier alpha value is -2.20. The topological polar surface area (TPSA) is 79.8 Å². The van der Waals surface area contributed by atoms with Gasteiger partial charge in [-0.2, -0.15) is 0 Å². The number of thiazole rings is 1. The molecule has 0 N–H and O–H groups in total. The number of benzene rings is 2. The molecule has 1 heterocycles. The number of hydrogen-bond donors (Lipinski definition) is 0. The summed E-state index contributed by atoms with van der Waals surface area (Å²) >= 11 is 7.25. The minimum Gasteiger partial charge on any atom is -0.497 e. The number of aromatic nitrogens is 1. The van der Waals surface area contributed by atoms with Crippen LogP contribution in [0.3, 0.4) is 0 Å². The molecule has 0 radical (unpaired) electrons. The van der Waals surface area contributed by atoms with Crippen LogP contribution in [-0.4, -0.2) is 63.3 Å². The molecule has 1 amide bonds. The monoisotopic (exact) mass is 509 g/mol. The number of carbonyl (C=O) groups excluding carboxylic acids is 1. The van der Waals surface area contributed by atoms with Gasteiger partial charge in [0.05, 0.1) is 28.0 Å². The molecule has 0 atom stereocenters. The maximum Gasteiger partial charge on any atom is 0.229 e. The van der Waals surface area contributed by atoms with Crippen molar-refractivity contribution in [2.75, 3.05) is 43.9 Å². The van der Waals surface area contributed by atoms with E-state index < -0.39 is 9.84 Å². The summed E-state index contributed by atoms with van der Waals surface area (Å²) < 4.78 is 31.6. The van der Waals surface area contributed by atoms with Gasteiger partial charge in [-0.15, -0.1) is 0 Å². The summed E-state index contributed by atoms with van der Waals surface area (Å²) in [6.07, 6.45) is -0.136. The number of anilines is 1. The molecule has 2 aromatic carbocycles. The third-order valence-corrected chi connectivity index (χ3v) is 8.43. The molecular formula is C23H28ClN3O4S2. The number of likely N-dealkylation sites (N-methyl/N-ethyl adjacent to an activating group) is 1. The Balaban J connectivity index is 1.82. The summed E-state index contributed by atoms with van der Waals surface area (Å²) in [6, 6.07) is 11.5. The van der Waals surface area contributed by atoms with E-state index in [9.17, 15) is 13.2 Å². The maximum absolute atomic E-state index is 13.2. The number of ether oxygens (including phenoxy) is 1. The van der Waals surface area contributed by atoms with Gasteiger partial charge in [-0.05, 0) is 55.6 Å². The third-order valence-electron chi connectivity index (χ3n) is 5.41. The van der Waals surface area contributed by atoms with E-state index in [1.165, 1.54) is 35.6 Å². The highest BCUT2D eigenvalue weighted by atomic mass is 35.5. The van der Waals surface area contributed by atoms with E-state index in [1.54, 1.807) is 12.0 Å². The summed E-state index contributed by atoms with van der Waals surface area (Å²) in [5.41, 5.74) is 0.769. The van der Waals surface area contributed by atoms with E-state index >= 15 is 0 Å². The normalized spacial score (nSPS) is 11.8. The van der Waals surface area contributed by atoms with Crippen molar-refractivity contribution in [3.05, 3.63) is 47.5 Å². The van der Waals surface area contributed by atoms with E-state index in [1.807, 2.05) is 18.2 Å². The molecule has 0 aliphatic rings. The summed E-state index contributed by atoms with van der Waals surface area (Å²) in [7, 11) is -2.01. The molecule has 1 aromatic heterocycles. The molecule has 0 aliphatic heterocycles. The predicted octanol–water partition coefficient (Wildman–Crippen LogP) is 4.50. The molecular weight excluding hydrogens is 482 g/mol. The molecule has 0 saturated carbocycles. The van der Waals surface area contributed by atoms with Crippen LogP contribution in [0.4, 0.5) is 5.13 Å². The number of halogens is 1. The molecule has 33 heavy (non-hydrogen) atoms. The number of amides is 1. The molecule has 178 valence electrons. The van der Waals surface area contributed by atoms with Gasteiger partial charge in [-0.3, -0.25) is 9.69 Å². The van der Waals surface area contributed by atoms with Crippen LogP contribution >= 0.6 is 22.9 Å². The Bertz CT molecular complexity index is 1190. The Labute approximate surface area is 203 Å². The molecule has 0 bridgehead atoms. The fourth-order valence-corrected chi connectivity index (χ4v) is 5.75. The lowest BCUT2D eigenvalue weighted by Gasteiger charge is -2.24. The molecule has 0 spiro atoms. The number of carbonyl (C=O) groups is 1. The summed E-state index contributed by atoms with van der Waals surface area (Å²) in [6.45, 7) is 6.96. The van der Waals surface area contributed by atoms with Gasteiger partial charge in [0.15, 0.2) is 15.0 Å². The lowest BCUT2D eigenvalue weighted by atomic mass is 10.3. The van der Waals surface area contributed by atoms with Crippen molar-refractivity contribution >= 4 is 54.0 Å². The fraction of sp³-hybridized carbons (Fsp3) is 0.391. The Morgan fingerprint density at radius 3 is 2.42 bits per heavy atom. The van der Waals surface area contributed by atoms with E-state index in [4.69, 9.17) is 16.3 Å². The lowest BCUT2D eigenvalue weighted by molar-refractivity contribution is -0.118. The molecule has 0 saturated heterocycles. The average molecular weight is 510 g/mol. The SMILES string of the molecule is CCN(CC)CCN(C(=O)CCS(=O)(=O)c1ccc(Cl)cc1)c1nc2ccc(OC)cc2s1. The average Bonchev–Trinajstić information content (AvgIpc) is 3.23. The van der Waals surface area contributed by atoms with Gasteiger partial charge in [0, 0.05) is 24.5 Å². The zero-order valence-corrected chi connectivity index (χ0v) is 21.3. The minimum absolute atomic E-state index is 0.136. The van der Waals surface area contributed by atoms with E-state index in [0.29, 0.717) is 29.0 Å². The zero-order valence-electron chi connectivity index (χ0n) is 19.0. The Morgan fingerprint density at radius 2 is 1.79 bits per heavy atom. The maximum atomic E-state index is 13.2. The third kappa shape index (κ3) is 6.44. The van der Waals surface area contributed by atoms with Crippen molar-refractivity contribution in [3.8, 4) is 5.75 Å². The summed E-state index contributed by atoms with van der Waals surface area (Å²) in [5, 5.41) is 1.01.